The van der Waals surface area contributed by atoms with Crippen LogP contribution in [0.15, 0.2) is 17.0 Å². The molecule has 0 radical (unpaired) electrons. The van der Waals surface area contributed by atoms with Crippen LogP contribution in [0.3, 0.4) is 0 Å². The predicted molar refractivity (Wildman–Crippen MR) is 102 cm³/mol. The van der Waals surface area contributed by atoms with Crippen LogP contribution in [-0.4, -0.2) is 49.3 Å². The van der Waals surface area contributed by atoms with E-state index in [1.54, 1.807) is 11.9 Å². The Morgan fingerprint density at radius 2 is 1.85 bits per heavy atom. The first-order valence-electron chi connectivity index (χ1n) is 8.43. The molecule has 0 spiro atoms. The maximum absolute atomic E-state index is 13.0. The summed E-state index contributed by atoms with van der Waals surface area (Å²) < 4.78 is 23.4. The summed E-state index contributed by atoms with van der Waals surface area (Å²) in [6.07, 6.45) is 3.78. The Labute approximate surface area is 163 Å². The number of hydrogen-bond acceptors (Lipinski definition) is 6. The van der Waals surface area contributed by atoms with Crippen molar-refractivity contribution in [1.82, 2.24) is 10.2 Å². The molecule has 0 saturated carbocycles. The Balaban J connectivity index is 0.00000261. The van der Waals surface area contributed by atoms with Crippen LogP contribution in [0, 0.1) is 17.0 Å². The van der Waals surface area contributed by atoms with Crippen molar-refractivity contribution in [2.45, 2.75) is 55.6 Å². The average molecular weight is 419 g/mol. The van der Waals surface area contributed by atoms with Gasteiger partial charge >= 0.3 is 0 Å². The van der Waals surface area contributed by atoms with Crippen LogP contribution in [0.2, 0.25) is 0 Å². The second kappa shape index (κ2) is 7.70. The topological polar surface area (TPSA) is 136 Å². The number of primary sulfonamides is 1. The molecule has 1 aromatic rings. The van der Waals surface area contributed by atoms with E-state index >= 15 is 0 Å². The molecule has 1 amide bonds. The summed E-state index contributed by atoms with van der Waals surface area (Å²) in [6, 6.07) is 2.79. The second-order valence-corrected chi connectivity index (χ2v) is 8.66. The highest BCUT2D eigenvalue weighted by Gasteiger charge is 2.37. The zero-order valence-electron chi connectivity index (χ0n) is 15.0. The Kier molecular flexibility index (Phi) is 6.15. The minimum absolute atomic E-state index is 0. The number of nitro groups is 1. The largest absolute Gasteiger partial charge is 0.339 e. The molecule has 2 saturated heterocycles. The molecule has 11 heteroatoms. The highest BCUT2D eigenvalue weighted by molar-refractivity contribution is 7.89. The summed E-state index contributed by atoms with van der Waals surface area (Å²) in [4.78, 5) is 24.7. The smallest absolute Gasteiger partial charge is 0.274 e. The minimum Gasteiger partial charge on any atom is -0.339 e. The lowest BCUT2D eigenvalue weighted by Crippen LogP contribution is -2.48. The summed E-state index contributed by atoms with van der Waals surface area (Å²) in [5, 5.41) is 19.9. The Morgan fingerprint density at radius 3 is 2.33 bits per heavy atom. The highest BCUT2D eigenvalue weighted by Crippen LogP contribution is 2.32. The molecule has 2 bridgehead atoms. The number of halogens is 1. The normalized spacial score (nSPS) is 24.2. The third-order valence-electron chi connectivity index (χ3n) is 5.43. The van der Waals surface area contributed by atoms with Crippen molar-refractivity contribution in [3.05, 3.63) is 33.4 Å². The molecule has 2 aliphatic heterocycles. The molecule has 2 heterocycles. The fourth-order valence-corrected chi connectivity index (χ4v) is 4.51. The lowest BCUT2D eigenvalue weighted by Gasteiger charge is -2.35. The van der Waals surface area contributed by atoms with E-state index in [0.29, 0.717) is 12.1 Å². The van der Waals surface area contributed by atoms with Crippen molar-refractivity contribution in [2.24, 2.45) is 5.14 Å². The molecule has 9 nitrogen and oxygen atoms in total. The molecule has 1 aromatic carbocycles. The van der Waals surface area contributed by atoms with Gasteiger partial charge in [0.15, 0.2) is 0 Å². The number of hydrogen-bond donors (Lipinski definition) is 2. The minimum atomic E-state index is -4.17. The number of nitrogens with two attached hydrogens (primary N) is 1. The summed E-state index contributed by atoms with van der Waals surface area (Å²) in [5.74, 6) is -0.428. The molecule has 27 heavy (non-hydrogen) atoms. The molecule has 3 rings (SSSR count). The fourth-order valence-electron chi connectivity index (χ4n) is 3.95. The molecular weight excluding hydrogens is 396 g/mol. The van der Waals surface area contributed by atoms with E-state index < -0.39 is 31.4 Å². The van der Waals surface area contributed by atoms with Gasteiger partial charge in [0.1, 0.15) is 0 Å². The van der Waals surface area contributed by atoms with Crippen LogP contribution in [0.5, 0.6) is 0 Å². The summed E-state index contributed by atoms with van der Waals surface area (Å²) in [5.41, 5.74) is -0.300. The molecular formula is C16H23ClN4O5S. The average Bonchev–Trinajstić information content (AvgIpc) is 2.90. The number of nitro benzene ring substituents is 1. The Hall–Kier alpha value is -1.75. The maximum Gasteiger partial charge on any atom is 0.274 e. The Morgan fingerprint density at radius 1 is 1.30 bits per heavy atom. The van der Waals surface area contributed by atoms with Gasteiger partial charge in [0.2, 0.25) is 10.0 Å². The van der Waals surface area contributed by atoms with Crippen LogP contribution >= 0.6 is 12.4 Å². The van der Waals surface area contributed by atoms with E-state index in [2.05, 4.69) is 5.32 Å². The third kappa shape index (κ3) is 4.23. The number of amides is 1. The number of sulfonamides is 1. The predicted octanol–water partition coefficient (Wildman–Crippen LogP) is 1.33. The number of fused-ring (bicyclic) bond motifs is 2. The first-order chi connectivity index (χ1) is 12.1. The summed E-state index contributed by atoms with van der Waals surface area (Å²) >= 11 is 0. The number of carbonyl (C=O) groups excluding carboxylic acids is 1. The first kappa shape index (κ1) is 21.5. The molecule has 2 aliphatic rings. The Bertz CT molecular complexity index is 864. The second-order valence-electron chi connectivity index (χ2n) is 7.10. The lowest BCUT2D eigenvalue weighted by atomic mass is 9.97. The van der Waals surface area contributed by atoms with Crippen molar-refractivity contribution >= 4 is 34.0 Å². The zero-order valence-corrected chi connectivity index (χ0v) is 16.7. The van der Waals surface area contributed by atoms with Gasteiger partial charge in [-0.25, -0.2) is 13.6 Å². The van der Waals surface area contributed by atoms with Gasteiger partial charge in [-0.05, 0) is 38.7 Å². The molecule has 3 N–H and O–H groups in total. The number of benzene rings is 1. The van der Waals surface area contributed by atoms with E-state index in [0.717, 1.165) is 37.8 Å². The van der Waals surface area contributed by atoms with Crippen LogP contribution < -0.4 is 10.5 Å². The monoisotopic (exact) mass is 418 g/mol. The van der Waals surface area contributed by atoms with Gasteiger partial charge in [-0.15, -0.1) is 12.4 Å². The van der Waals surface area contributed by atoms with E-state index in [4.69, 9.17) is 5.14 Å². The summed E-state index contributed by atoms with van der Waals surface area (Å²) in [6.45, 7) is 1.44. The van der Waals surface area contributed by atoms with E-state index in [1.165, 1.54) is 6.92 Å². The van der Waals surface area contributed by atoms with Crippen molar-refractivity contribution in [3.63, 3.8) is 0 Å². The van der Waals surface area contributed by atoms with E-state index in [-0.39, 0.29) is 29.6 Å². The van der Waals surface area contributed by atoms with Gasteiger partial charge in [0.25, 0.3) is 11.6 Å². The quantitative estimate of drug-likeness (QED) is 0.559. The van der Waals surface area contributed by atoms with Gasteiger partial charge in [-0.3, -0.25) is 14.9 Å². The van der Waals surface area contributed by atoms with Gasteiger partial charge in [0.05, 0.1) is 15.4 Å². The number of nitrogens with one attached hydrogen (secondary N) is 1. The van der Waals surface area contributed by atoms with Crippen molar-refractivity contribution < 1.29 is 18.1 Å². The third-order valence-corrected chi connectivity index (χ3v) is 6.32. The van der Waals surface area contributed by atoms with Crippen LogP contribution in [-0.2, 0) is 10.0 Å². The van der Waals surface area contributed by atoms with Gasteiger partial charge in [-0.2, -0.15) is 0 Å². The number of carbonyl (C=O) groups is 1. The van der Waals surface area contributed by atoms with E-state index in [1.807, 2.05) is 0 Å². The molecule has 2 fully saturated rings. The maximum atomic E-state index is 13.0. The molecule has 0 aromatic heterocycles. The van der Waals surface area contributed by atoms with Crippen molar-refractivity contribution in [3.8, 4) is 0 Å². The fraction of sp³-hybridized carbons (Fsp3) is 0.562. The standard InChI is InChI=1S/C16H22N4O5S.ClH/c1-9-14(7-13(26(17,24)25)8-15(9)20(22)23)16(21)19(2)12-5-10-3-4-11(6-12)18-10;/h7-8,10-12,18H,3-6H2,1-2H3,(H2,17,24,25);1H. The van der Waals surface area contributed by atoms with Crippen molar-refractivity contribution in [2.75, 3.05) is 7.05 Å². The SMILES string of the molecule is Cc1c(C(=O)N(C)C2CC3CCC(C2)N3)cc(S(N)(=O)=O)cc1[N+](=O)[O-].Cl. The zero-order chi connectivity index (χ0) is 19.2. The van der Waals surface area contributed by atoms with Gasteiger partial charge in [-0.1, -0.05) is 0 Å². The van der Waals surface area contributed by atoms with Crippen molar-refractivity contribution in [1.29, 1.82) is 0 Å². The van der Waals surface area contributed by atoms with Crippen LogP contribution in [0.4, 0.5) is 5.69 Å². The molecule has 0 aliphatic carbocycles. The number of rotatable bonds is 4. The molecule has 2 unspecified atom stereocenters. The number of nitrogens with zero attached hydrogens (tertiary/aromatic N) is 2. The first-order valence-corrected chi connectivity index (χ1v) is 9.97. The highest BCUT2D eigenvalue weighted by atomic mass is 35.5. The van der Waals surface area contributed by atoms with Gasteiger partial charge in [0, 0.05) is 36.8 Å². The van der Waals surface area contributed by atoms with E-state index in [9.17, 15) is 23.3 Å². The summed E-state index contributed by atoms with van der Waals surface area (Å²) in [7, 11) is -2.52. The van der Waals surface area contributed by atoms with Gasteiger partial charge < -0.3 is 10.2 Å². The van der Waals surface area contributed by atoms with Crippen LogP contribution in [0.1, 0.15) is 41.6 Å². The van der Waals surface area contributed by atoms with Crippen LogP contribution in [0.25, 0.3) is 0 Å². The molecule has 150 valence electrons. The number of piperidine rings is 1. The lowest BCUT2D eigenvalue weighted by molar-refractivity contribution is -0.385. The molecule has 2 atom stereocenters.